The molecule has 1 saturated heterocycles. The van der Waals surface area contributed by atoms with Crippen molar-refractivity contribution in [2.45, 2.75) is 52.2 Å². The van der Waals surface area contributed by atoms with Crippen LogP contribution in [0, 0.1) is 11.7 Å². The van der Waals surface area contributed by atoms with Crippen LogP contribution >= 0.6 is 0 Å². The van der Waals surface area contributed by atoms with Crippen molar-refractivity contribution in [2.24, 2.45) is 5.92 Å². The van der Waals surface area contributed by atoms with E-state index >= 15 is 4.39 Å². The van der Waals surface area contributed by atoms with Gasteiger partial charge in [-0.25, -0.2) is 9.18 Å². The van der Waals surface area contributed by atoms with Crippen molar-refractivity contribution < 1.29 is 23.8 Å². The Morgan fingerprint density at radius 3 is 2.63 bits per heavy atom. The number of hydrogen-bond acceptors (Lipinski definition) is 5. The molecule has 1 N–H and O–H groups in total. The van der Waals surface area contributed by atoms with Gasteiger partial charge in [0.05, 0.1) is 11.2 Å². The van der Waals surface area contributed by atoms with Crippen molar-refractivity contribution in [3.8, 4) is 0 Å². The number of anilines is 1. The summed E-state index contributed by atoms with van der Waals surface area (Å²) in [5.41, 5.74) is 0.839. The molecule has 1 fully saturated rings. The summed E-state index contributed by atoms with van der Waals surface area (Å²) in [5, 5.41) is 9.52. The number of carbonyl (C=O) groups excluding carboxylic acids is 1. The molecule has 0 amide bonds. The third-order valence-electron chi connectivity index (χ3n) is 6.32. The number of benzene rings is 1. The van der Waals surface area contributed by atoms with Crippen LogP contribution < -0.4 is 10.3 Å². The second-order valence-electron chi connectivity index (χ2n) is 8.41. The highest BCUT2D eigenvalue weighted by molar-refractivity contribution is 5.95. The SMILES string of the molecule is CC(=O)O[C@H]1CCN(c2c(F)cc3c(=O)c(C(=O)O)cn4c3c2CCC4C)CC1C. The van der Waals surface area contributed by atoms with Crippen LogP contribution in [0.2, 0.25) is 0 Å². The van der Waals surface area contributed by atoms with Gasteiger partial charge in [-0.3, -0.25) is 9.59 Å². The molecule has 160 valence electrons. The third-order valence-corrected chi connectivity index (χ3v) is 6.32. The Kier molecular flexibility index (Phi) is 5.03. The summed E-state index contributed by atoms with van der Waals surface area (Å²) in [6.07, 6.45) is 3.11. The van der Waals surface area contributed by atoms with Gasteiger partial charge in [-0.1, -0.05) is 6.92 Å². The van der Waals surface area contributed by atoms with Crippen LogP contribution in [0.3, 0.4) is 0 Å². The van der Waals surface area contributed by atoms with Gasteiger partial charge >= 0.3 is 11.9 Å². The number of carboxylic acids is 1. The second kappa shape index (κ2) is 7.41. The number of hydrogen-bond donors (Lipinski definition) is 1. The van der Waals surface area contributed by atoms with Crippen LogP contribution in [0.5, 0.6) is 0 Å². The van der Waals surface area contributed by atoms with Crippen molar-refractivity contribution in [1.29, 1.82) is 0 Å². The van der Waals surface area contributed by atoms with E-state index in [0.717, 1.165) is 12.0 Å². The second-order valence-corrected chi connectivity index (χ2v) is 8.41. The smallest absolute Gasteiger partial charge is 0.341 e. The van der Waals surface area contributed by atoms with Gasteiger partial charge in [0.1, 0.15) is 17.5 Å². The molecule has 4 rings (SSSR count). The molecule has 2 aliphatic rings. The average molecular weight is 416 g/mol. The Bertz CT molecular complexity index is 1110. The van der Waals surface area contributed by atoms with Crippen LogP contribution in [0.25, 0.3) is 10.9 Å². The largest absolute Gasteiger partial charge is 0.477 e. The zero-order valence-electron chi connectivity index (χ0n) is 17.3. The molecule has 0 bridgehead atoms. The van der Waals surface area contributed by atoms with E-state index in [-0.39, 0.29) is 35.0 Å². The van der Waals surface area contributed by atoms with Gasteiger partial charge in [-0.05, 0) is 25.8 Å². The molecule has 2 aromatic rings. The lowest BCUT2D eigenvalue weighted by Crippen LogP contribution is -2.44. The van der Waals surface area contributed by atoms with Gasteiger partial charge in [-0.2, -0.15) is 0 Å². The Hall–Kier alpha value is -2.90. The van der Waals surface area contributed by atoms with Crippen LogP contribution in [0.1, 0.15) is 55.6 Å². The van der Waals surface area contributed by atoms with Crippen LogP contribution in [0.15, 0.2) is 17.1 Å². The number of nitrogens with zero attached hydrogens (tertiary/aromatic N) is 2. The van der Waals surface area contributed by atoms with Gasteiger partial charge in [0.25, 0.3) is 0 Å². The Labute approximate surface area is 173 Å². The molecule has 8 heteroatoms. The van der Waals surface area contributed by atoms with E-state index in [0.29, 0.717) is 37.1 Å². The minimum Gasteiger partial charge on any atom is -0.477 e. The molecular formula is C22H25FN2O5. The number of aromatic carboxylic acids is 1. The molecule has 3 atom stereocenters. The lowest BCUT2D eigenvalue weighted by atomic mass is 9.91. The van der Waals surface area contributed by atoms with E-state index in [1.807, 2.05) is 18.7 Å². The van der Waals surface area contributed by atoms with Crippen molar-refractivity contribution >= 4 is 28.5 Å². The topological polar surface area (TPSA) is 88.8 Å². The lowest BCUT2D eigenvalue weighted by Gasteiger charge is -2.39. The maximum Gasteiger partial charge on any atom is 0.341 e. The fourth-order valence-corrected chi connectivity index (χ4v) is 4.84. The normalized spacial score (nSPS) is 23.5. The zero-order chi connectivity index (χ0) is 21.7. The van der Waals surface area contributed by atoms with Crippen LogP contribution in [0.4, 0.5) is 10.1 Å². The van der Waals surface area contributed by atoms with Gasteiger partial charge in [0, 0.05) is 55.5 Å². The maximum absolute atomic E-state index is 15.3. The third kappa shape index (κ3) is 3.24. The Balaban J connectivity index is 1.85. The van der Waals surface area contributed by atoms with E-state index < -0.39 is 17.2 Å². The number of esters is 1. The number of piperidine rings is 1. The molecule has 0 saturated carbocycles. The van der Waals surface area contributed by atoms with E-state index in [9.17, 15) is 19.5 Å². The number of pyridine rings is 1. The predicted molar refractivity (Wildman–Crippen MR) is 110 cm³/mol. The summed E-state index contributed by atoms with van der Waals surface area (Å²) >= 11 is 0. The molecule has 3 heterocycles. The number of carbonyl (C=O) groups is 2. The summed E-state index contributed by atoms with van der Waals surface area (Å²) in [5.74, 6) is -2.12. The van der Waals surface area contributed by atoms with Gasteiger partial charge < -0.3 is 19.3 Å². The first-order valence-corrected chi connectivity index (χ1v) is 10.2. The minimum atomic E-state index is -1.31. The van der Waals surface area contributed by atoms with Crippen molar-refractivity contribution in [3.63, 3.8) is 0 Å². The summed E-state index contributed by atoms with van der Waals surface area (Å²) in [4.78, 5) is 37.6. The molecule has 0 aliphatic carbocycles. The highest BCUT2D eigenvalue weighted by Crippen LogP contribution is 2.39. The molecule has 7 nitrogen and oxygen atoms in total. The number of halogens is 1. The first kappa shape index (κ1) is 20.4. The lowest BCUT2D eigenvalue weighted by molar-refractivity contribution is -0.149. The molecule has 0 radical (unpaired) electrons. The first-order valence-electron chi connectivity index (χ1n) is 10.2. The fraction of sp³-hybridized carbons (Fsp3) is 0.500. The monoisotopic (exact) mass is 416 g/mol. The average Bonchev–Trinajstić information content (AvgIpc) is 2.67. The van der Waals surface area contributed by atoms with Gasteiger partial charge in [-0.15, -0.1) is 0 Å². The fourth-order valence-electron chi connectivity index (χ4n) is 4.84. The Morgan fingerprint density at radius 1 is 1.27 bits per heavy atom. The summed E-state index contributed by atoms with van der Waals surface area (Å²) in [6.45, 7) is 6.39. The van der Waals surface area contributed by atoms with E-state index in [1.165, 1.54) is 19.2 Å². The Morgan fingerprint density at radius 2 is 2.00 bits per heavy atom. The van der Waals surface area contributed by atoms with Crippen molar-refractivity contribution in [3.05, 3.63) is 39.4 Å². The predicted octanol–water partition coefficient (Wildman–Crippen LogP) is 3.12. The molecule has 1 aromatic carbocycles. The van der Waals surface area contributed by atoms with E-state index in [1.54, 1.807) is 4.57 Å². The van der Waals surface area contributed by atoms with Gasteiger partial charge in [0.2, 0.25) is 5.43 Å². The highest BCUT2D eigenvalue weighted by atomic mass is 19.1. The van der Waals surface area contributed by atoms with Crippen molar-refractivity contribution in [1.82, 2.24) is 4.57 Å². The number of aromatic nitrogens is 1. The summed E-state index contributed by atoms with van der Waals surface area (Å²) in [7, 11) is 0. The quantitative estimate of drug-likeness (QED) is 0.774. The summed E-state index contributed by atoms with van der Waals surface area (Å²) < 4.78 is 22.5. The van der Waals surface area contributed by atoms with E-state index in [2.05, 4.69) is 0 Å². The summed E-state index contributed by atoms with van der Waals surface area (Å²) in [6, 6.07) is 1.19. The van der Waals surface area contributed by atoms with Crippen LogP contribution in [-0.2, 0) is 16.0 Å². The highest BCUT2D eigenvalue weighted by Gasteiger charge is 2.33. The standard InChI is InChI=1S/C22H25FN2O5/c1-11-9-24(7-6-18(11)30-13(3)26)20-14-5-4-12(2)25-10-16(22(28)29)21(27)15(19(14)25)8-17(20)23/h8,10-12,18H,4-7,9H2,1-3H3,(H,28,29)/t11?,12?,18-/m0/s1. The first-order chi connectivity index (χ1) is 14.2. The van der Waals surface area contributed by atoms with Crippen LogP contribution in [-0.4, -0.2) is 40.8 Å². The number of aryl methyl sites for hydroxylation is 1. The minimum absolute atomic E-state index is 0.00522. The zero-order valence-corrected chi connectivity index (χ0v) is 17.3. The van der Waals surface area contributed by atoms with Crippen molar-refractivity contribution in [2.75, 3.05) is 18.0 Å². The number of rotatable bonds is 3. The number of carboxylic acid groups (broad SMARTS) is 1. The van der Waals surface area contributed by atoms with E-state index in [4.69, 9.17) is 4.74 Å². The molecule has 30 heavy (non-hydrogen) atoms. The molecule has 2 unspecified atom stereocenters. The van der Waals surface area contributed by atoms with Gasteiger partial charge in [0.15, 0.2) is 0 Å². The number of ether oxygens (including phenoxy) is 1. The molecular weight excluding hydrogens is 391 g/mol. The molecule has 1 aromatic heterocycles. The molecule has 0 spiro atoms. The molecule has 2 aliphatic heterocycles. The maximum atomic E-state index is 15.3.